The highest BCUT2D eigenvalue weighted by Gasteiger charge is 2.12. The molecule has 0 bridgehead atoms. The normalized spacial score (nSPS) is 10.3. The molecule has 0 radical (unpaired) electrons. The summed E-state index contributed by atoms with van der Waals surface area (Å²) in [6.07, 6.45) is 0. The van der Waals surface area contributed by atoms with E-state index < -0.39 is 5.97 Å². The Morgan fingerprint density at radius 1 is 1.26 bits per heavy atom. The van der Waals surface area contributed by atoms with E-state index in [-0.39, 0.29) is 16.5 Å². The Labute approximate surface area is 127 Å². The first-order chi connectivity index (χ1) is 8.97. The number of halogens is 3. The second-order valence-corrected chi connectivity index (χ2v) is 5.24. The molecule has 0 spiro atoms. The summed E-state index contributed by atoms with van der Waals surface area (Å²) in [5.41, 5.74) is 0.647. The minimum Gasteiger partial charge on any atom is -0.478 e. The van der Waals surface area contributed by atoms with Gasteiger partial charge in [0.05, 0.1) is 5.02 Å². The molecule has 2 N–H and O–H groups in total. The minimum atomic E-state index is -1.09. The van der Waals surface area contributed by atoms with Crippen LogP contribution in [0.15, 0.2) is 34.8 Å². The highest BCUT2D eigenvalue weighted by molar-refractivity contribution is 9.10. The van der Waals surface area contributed by atoms with E-state index in [0.29, 0.717) is 10.7 Å². The molecule has 98 valence electrons. The standard InChI is InChI=1S/C12H7BrCl2N2O2/c13-8-3-1-6(5-9(8)14)16-11-7(12(18)19)2-4-10(15)17-11/h1-5H,(H,16,17)(H,18,19). The van der Waals surface area contributed by atoms with E-state index in [1.165, 1.54) is 12.1 Å². The molecule has 0 amide bonds. The van der Waals surface area contributed by atoms with Crippen LogP contribution in [0.5, 0.6) is 0 Å². The van der Waals surface area contributed by atoms with E-state index in [1.807, 2.05) is 0 Å². The van der Waals surface area contributed by atoms with Crippen LogP contribution in [-0.4, -0.2) is 16.1 Å². The largest absolute Gasteiger partial charge is 0.478 e. The van der Waals surface area contributed by atoms with E-state index in [4.69, 9.17) is 28.3 Å². The number of carboxylic acid groups (broad SMARTS) is 1. The first kappa shape index (κ1) is 14.1. The van der Waals surface area contributed by atoms with Crippen LogP contribution in [0.4, 0.5) is 11.5 Å². The van der Waals surface area contributed by atoms with Crippen LogP contribution >= 0.6 is 39.1 Å². The number of aromatic carboxylic acids is 1. The van der Waals surface area contributed by atoms with Gasteiger partial charge in [0, 0.05) is 10.2 Å². The smallest absolute Gasteiger partial charge is 0.339 e. The van der Waals surface area contributed by atoms with E-state index in [1.54, 1.807) is 18.2 Å². The molecule has 0 aliphatic carbocycles. The van der Waals surface area contributed by atoms with Crippen LogP contribution < -0.4 is 5.32 Å². The van der Waals surface area contributed by atoms with Gasteiger partial charge in [-0.1, -0.05) is 23.2 Å². The molecule has 2 rings (SSSR count). The maximum absolute atomic E-state index is 11.1. The van der Waals surface area contributed by atoms with Crippen molar-refractivity contribution in [3.63, 3.8) is 0 Å². The third kappa shape index (κ3) is 3.37. The van der Waals surface area contributed by atoms with Crippen molar-refractivity contribution in [1.29, 1.82) is 0 Å². The van der Waals surface area contributed by atoms with Crippen molar-refractivity contribution in [1.82, 2.24) is 4.98 Å². The number of anilines is 2. The van der Waals surface area contributed by atoms with E-state index in [9.17, 15) is 4.79 Å². The fraction of sp³-hybridized carbons (Fsp3) is 0. The number of hydrogen-bond donors (Lipinski definition) is 2. The van der Waals surface area contributed by atoms with E-state index in [2.05, 4.69) is 26.2 Å². The molecule has 4 nitrogen and oxygen atoms in total. The van der Waals surface area contributed by atoms with Gasteiger partial charge >= 0.3 is 5.97 Å². The summed E-state index contributed by atoms with van der Waals surface area (Å²) >= 11 is 15.0. The summed E-state index contributed by atoms with van der Waals surface area (Å²) in [6.45, 7) is 0. The maximum atomic E-state index is 11.1. The topological polar surface area (TPSA) is 62.2 Å². The van der Waals surface area contributed by atoms with Crippen LogP contribution in [0.25, 0.3) is 0 Å². The average Bonchev–Trinajstić information content (AvgIpc) is 2.33. The molecule has 19 heavy (non-hydrogen) atoms. The lowest BCUT2D eigenvalue weighted by molar-refractivity contribution is 0.0697. The zero-order valence-corrected chi connectivity index (χ0v) is 12.4. The number of aromatic nitrogens is 1. The number of nitrogens with zero attached hydrogens (tertiary/aromatic N) is 1. The molecule has 0 aliphatic heterocycles. The first-order valence-electron chi connectivity index (χ1n) is 5.09. The predicted octanol–water partition coefficient (Wildman–Crippen LogP) is 4.59. The van der Waals surface area contributed by atoms with Gasteiger partial charge < -0.3 is 10.4 Å². The van der Waals surface area contributed by atoms with Crippen LogP contribution in [0, 0.1) is 0 Å². The molecule has 7 heteroatoms. The Balaban J connectivity index is 2.39. The van der Waals surface area contributed by atoms with Crippen LogP contribution in [0.1, 0.15) is 10.4 Å². The van der Waals surface area contributed by atoms with Crippen LogP contribution in [-0.2, 0) is 0 Å². The van der Waals surface area contributed by atoms with Crippen molar-refractivity contribution in [3.05, 3.63) is 50.5 Å². The number of nitrogens with one attached hydrogen (secondary N) is 1. The molecule has 0 unspecified atom stereocenters. The Morgan fingerprint density at radius 2 is 2.00 bits per heavy atom. The molecule has 0 fully saturated rings. The summed E-state index contributed by atoms with van der Waals surface area (Å²) in [6, 6.07) is 7.95. The van der Waals surface area contributed by atoms with Crippen molar-refractivity contribution in [2.45, 2.75) is 0 Å². The molecule has 1 heterocycles. The quantitative estimate of drug-likeness (QED) is 0.784. The van der Waals surface area contributed by atoms with Gasteiger partial charge in [-0.2, -0.15) is 0 Å². The minimum absolute atomic E-state index is 0.0310. The second kappa shape index (κ2) is 5.77. The van der Waals surface area contributed by atoms with Gasteiger partial charge in [-0.25, -0.2) is 9.78 Å². The highest BCUT2D eigenvalue weighted by atomic mass is 79.9. The van der Waals surface area contributed by atoms with Crippen molar-refractivity contribution in [2.75, 3.05) is 5.32 Å². The van der Waals surface area contributed by atoms with Gasteiger partial charge in [-0.05, 0) is 46.3 Å². The van der Waals surface area contributed by atoms with Crippen molar-refractivity contribution < 1.29 is 9.90 Å². The number of pyridine rings is 1. The predicted molar refractivity (Wildman–Crippen MR) is 78.6 cm³/mol. The average molecular weight is 362 g/mol. The van der Waals surface area contributed by atoms with Gasteiger partial charge in [-0.15, -0.1) is 0 Å². The molecule has 1 aromatic heterocycles. The zero-order chi connectivity index (χ0) is 14.0. The highest BCUT2D eigenvalue weighted by Crippen LogP contribution is 2.28. The van der Waals surface area contributed by atoms with Crippen molar-refractivity contribution in [2.24, 2.45) is 0 Å². The first-order valence-corrected chi connectivity index (χ1v) is 6.64. The summed E-state index contributed by atoms with van der Waals surface area (Å²) in [5.74, 6) is -0.923. The summed E-state index contributed by atoms with van der Waals surface area (Å²) in [4.78, 5) is 15.0. The summed E-state index contributed by atoms with van der Waals surface area (Å²) < 4.78 is 0.747. The van der Waals surface area contributed by atoms with Crippen molar-refractivity contribution in [3.8, 4) is 0 Å². The molecular weight excluding hydrogens is 355 g/mol. The number of carbonyl (C=O) groups is 1. The SMILES string of the molecule is O=C(O)c1ccc(Cl)nc1Nc1ccc(Br)c(Cl)c1. The lowest BCUT2D eigenvalue weighted by atomic mass is 10.2. The fourth-order valence-corrected chi connectivity index (χ4v) is 1.99. The second-order valence-electron chi connectivity index (χ2n) is 3.59. The summed E-state index contributed by atoms with van der Waals surface area (Å²) in [5, 5.41) is 12.7. The van der Waals surface area contributed by atoms with E-state index >= 15 is 0 Å². The van der Waals surface area contributed by atoms with Crippen LogP contribution in [0.2, 0.25) is 10.2 Å². The molecular formula is C12H7BrCl2N2O2. The van der Waals surface area contributed by atoms with Gasteiger partial charge in [0.2, 0.25) is 0 Å². The summed E-state index contributed by atoms with van der Waals surface area (Å²) in [7, 11) is 0. The molecule has 0 saturated carbocycles. The molecule has 1 aromatic carbocycles. The lowest BCUT2D eigenvalue weighted by Crippen LogP contribution is -2.04. The third-order valence-corrected chi connectivity index (χ3v) is 3.72. The molecule has 0 aliphatic rings. The molecule has 0 atom stereocenters. The molecule has 2 aromatic rings. The third-order valence-electron chi connectivity index (χ3n) is 2.27. The van der Waals surface area contributed by atoms with Gasteiger partial charge in [0.15, 0.2) is 0 Å². The van der Waals surface area contributed by atoms with E-state index in [0.717, 1.165) is 4.47 Å². The Kier molecular flexibility index (Phi) is 4.29. The Morgan fingerprint density at radius 3 is 2.63 bits per heavy atom. The fourth-order valence-electron chi connectivity index (χ4n) is 1.41. The van der Waals surface area contributed by atoms with Gasteiger partial charge in [0.25, 0.3) is 0 Å². The maximum Gasteiger partial charge on any atom is 0.339 e. The number of rotatable bonds is 3. The van der Waals surface area contributed by atoms with Crippen molar-refractivity contribution >= 4 is 56.6 Å². The number of carboxylic acids is 1. The van der Waals surface area contributed by atoms with Crippen LogP contribution in [0.3, 0.4) is 0 Å². The monoisotopic (exact) mass is 360 g/mol. The Hall–Kier alpha value is -1.30. The lowest BCUT2D eigenvalue weighted by Gasteiger charge is -2.09. The van der Waals surface area contributed by atoms with Gasteiger partial charge in [-0.3, -0.25) is 0 Å². The molecule has 0 saturated heterocycles. The number of hydrogen-bond acceptors (Lipinski definition) is 3. The zero-order valence-electron chi connectivity index (χ0n) is 9.32. The number of benzene rings is 1. The Bertz CT molecular complexity index is 650. The van der Waals surface area contributed by atoms with Gasteiger partial charge in [0.1, 0.15) is 16.5 Å².